The summed E-state index contributed by atoms with van der Waals surface area (Å²) in [6, 6.07) is 0.640. The van der Waals surface area contributed by atoms with Crippen LogP contribution in [0.15, 0.2) is 0 Å². The van der Waals surface area contributed by atoms with Gasteiger partial charge < -0.3 is 5.32 Å². The van der Waals surface area contributed by atoms with E-state index in [0.717, 1.165) is 0 Å². The highest BCUT2D eigenvalue weighted by Crippen LogP contribution is 2.41. The minimum absolute atomic E-state index is 0.640. The predicted molar refractivity (Wildman–Crippen MR) is 71.7 cm³/mol. The molecule has 1 saturated carbocycles. The molecule has 0 atom stereocenters. The summed E-state index contributed by atoms with van der Waals surface area (Å²) in [5, 5.41) is 3.65. The van der Waals surface area contributed by atoms with Crippen molar-refractivity contribution in [3.63, 3.8) is 0 Å². The first-order chi connectivity index (χ1) is 7.18. The van der Waals surface area contributed by atoms with Gasteiger partial charge in [0.1, 0.15) is 0 Å². The Bertz CT molecular complexity index is 162. The molecule has 1 rings (SSSR count). The fraction of sp³-hybridized carbons (Fsp3) is 1.00. The van der Waals surface area contributed by atoms with Crippen LogP contribution in [0.5, 0.6) is 0 Å². The summed E-state index contributed by atoms with van der Waals surface area (Å²) in [6.45, 7) is 8.01. The molecule has 0 heterocycles. The lowest BCUT2D eigenvalue weighted by atomic mass is 9.83. The third kappa shape index (κ3) is 4.78. The molecule has 0 spiro atoms. The summed E-state index contributed by atoms with van der Waals surface area (Å²) in [5.41, 5.74) is 0.645. The molecule has 0 radical (unpaired) electrons. The summed E-state index contributed by atoms with van der Waals surface area (Å²) < 4.78 is 0. The highest BCUT2D eigenvalue weighted by atomic mass is 32.2. The Kier molecular flexibility index (Phi) is 6.06. The number of thioether (sulfide) groups is 1. The maximum Gasteiger partial charge on any atom is 0.00106 e. The third-order valence-corrected chi connectivity index (χ3v) is 4.43. The maximum atomic E-state index is 3.65. The first kappa shape index (κ1) is 13.4. The standard InChI is InChI=1S/C13H27NS/c1-4-15-10-9-13(7-5-6-8-13)11-14-12(2)3/h12,14H,4-11H2,1-3H3. The van der Waals surface area contributed by atoms with Crippen LogP contribution in [0.1, 0.15) is 52.9 Å². The average Bonchev–Trinajstić information content (AvgIpc) is 2.65. The molecule has 1 aliphatic carbocycles. The van der Waals surface area contributed by atoms with Crippen molar-refractivity contribution >= 4 is 11.8 Å². The van der Waals surface area contributed by atoms with Gasteiger partial charge in [0.2, 0.25) is 0 Å². The first-order valence-corrected chi connectivity index (χ1v) is 7.65. The minimum atomic E-state index is 0.640. The third-order valence-electron chi connectivity index (χ3n) is 3.53. The van der Waals surface area contributed by atoms with Crippen LogP contribution in [0.3, 0.4) is 0 Å². The van der Waals surface area contributed by atoms with Crippen LogP contribution < -0.4 is 5.32 Å². The van der Waals surface area contributed by atoms with Crippen molar-refractivity contribution in [2.75, 3.05) is 18.1 Å². The molecule has 0 amide bonds. The number of nitrogens with one attached hydrogen (secondary N) is 1. The summed E-state index contributed by atoms with van der Waals surface area (Å²) in [4.78, 5) is 0. The topological polar surface area (TPSA) is 12.0 Å². The van der Waals surface area contributed by atoms with Gasteiger partial charge in [-0.15, -0.1) is 0 Å². The Balaban J connectivity index is 2.32. The molecule has 1 aliphatic rings. The number of rotatable bonds is 7. The molecule has 1 fully saturated rings. The zero-order valence-corrected chi connectivity index (χ0v) is 11.5. The average molecular weight is 229 g/mol. The van der Waals surface area contributed by atoms with Gasteiger partial charge in [0, 0.05) is 12.6 Å². The van der Waals surface area contributed by atoms with E-state index in [-0.39, 0.29) is 0 Å². The van der Waals surface area contributed by atoms with Crippen molar-refractivity contribution in [3.8, 4) is 0 Å². The molecule has 90 valence electrons. The summed E-state index contributed by atoms with van der Waals surface area (Å²) in [7, 11) is 0. The molecule has 1 N–H and O–H groups in total. The smallest absolute Gasteiger partial charge is 0.00106 e. The van der Waals surface area contributed by atoms with E-state index in [1.54, 1.807) is 0 Å². The van der Waals surface area contributed by atoms with Crippen LogP contribution >= 0.6 is 11.8 Å². The van der Waals surface area contributed by atoms with Crippen molar-refractivity contribution in [2.45, 2.75) is 58.9 Å². The highest BCUT2D eigenvalue weighted by molar-refractivity contribution is 7.99. The second-order valence-electron chi connectivity index (χ2n) is 5.19. The molecular weight excluding hydrogens is 202 g/mol. The minimum Gasteiger partial charge on any atom is -0.314 e. The van der Waals surface area contributed by atoms with E-state index in [1.807, 2.05) is 0 Å². The number of hydrogen-bond acceptors (Lipinski definition) is 2. The molecule has 0 unspecified atom stereocenters. The lowest BCUT2D eigenvalue weighted by molar-refractivity contribution is 0.263. The van der Waals surface area contributed by atoms with Gasteiger partial charge >= 0.3 is 0 Å². The largest absolute Gasteiger partial charge is 0.314 e. The van der Waals surface area contributed by atoms with Gasteiger partial charge in [-0.3, -0.25) is 0 Å². The molecule has 15 heavy (non-hydrogen) atoms. The lowest BCUT2D eigenvalue weighted by Gasteiger charge is -2.30. The molecule has 0 bridgehead atoms. The van der Waals surface area contributed by atoms with Crippen LogP contribution in [0, 0.1) is 5.41 Å². The van der Waals surface area contributed by atoms with Crippen molar-refractivity contribution in [3.05, 3.63) is 0 Å². The van der Waals surface area contributed by atoms with Crippen molar-refractivity contribution in [2.24, 2.45) is 5.41 Å². The van der Waals surface area contributed by atoms with Crippen LogP contribution in [-0.4, -0.2) is 24.1 Å². The van der Waals surface area contributed by atoms with E-state index in [1.165, 1.54) is 50.2 Å². The van der Waals surface area contributed by atoms with Crippen LogP contribution in [0.25, 0.3) is 0 Å². The van der Waals surface area contributed by atoms with Gasteiger partial charge in [-0.1, -0.05) is 33.6 Å². The summed E-state index contributed by atoms with van der Waals surface area (Å²) in [6.07, 6.45) is 7.24. The Labute approximate surface area is 99.8 Å². The monoisotopic (exact) mass is 229 g/mol. The van der Waals surface area contributed by atoms with E-state index >= 15 is 0 Å². The zero-order valence-electron chi connectivity index (χ0n) is 10.6. The Morgan fingerprint density at radius 3 is 2.47 bits per heavy atom. The van der Waals surface area contributed by atoms with Crippen LogP contribution in [-0.2, 0) is 0 Å². The van der Waals surface area contributed by atoms with E-state index in [4.69, 9.17) is 0 Å². The number of hydrogen-bond donors (Lipinski definition) is 1. The molecule has 0 saturated heterocycles. The summed E-state index contributed by atoms with van der Waals surface area (Å²) >= 11 is 2.10. The van der Waals surface area contributed by atoms with Gasteiger partial charge in [0.05, 0.1) is 0 Å². The van der Waals surface area contributed by atoms with Gasteiger partial charge in [-0.05, 0) is 36.2 Å². The van der Waals surface area contributed by atoms with E-state index in [0.29, 0.717) is 11.5 Å². The normalized spacial score (nSPS) is 20.0. The van der Waals surface area contributed by atoms with Crippen molar-refractivity contribution in [1.29, 1.82) is 0 Å². The molecule has 1 nitrogen and oxygen atoms in total. The lowest BCUT2D eigenvalue weighted by Crippen LogP contribution is -2.36. The molecule has 0 aromatic carbocycles. The molecular formula is C13H27NS. The molecule has 0 aromatic heterocycles. The highest BCUT2D eigenvalue weighted by Gasteiger charge is 2.32. The Morgan fingerprint density at radius 2 is 1.93 bits per heavy atom. The fourth-order valence-electron chi connectivity index (χ4n) is 2.49. The SMILES string of the molecule is CCSCCC1(CNC(C)C)CCCC1. The molecule has 2 heteroatoms. The van der Waals surface area contributed by atoms with Crippen molar-refractivity contribution < 1.29 is 0 Å². The predicted octanol–water partition coefficient (Wildman–Crippen LogP) is 3.69. The fourth-order valence-corrected chi connectivity index (χ4v) is 3.36. The Morgan fingerprint density at radius 1 is 1.27 bits per heavy atom. The first-order valence-electron chi connectivity index (χ1n) is 6.50. The van der Waals surface area contributed by atoms with E-state index in [9.17, 15) is 0 Å². The van der Waals surface area contributed by atoms with Crippen LogP contribution in [0.2, 0.25) is 0 Å². The van der Waals surface area contributed by atoms with E-state index in [2.05, 4.69) is 37.8 Å². The molecule has 0 aromatic rings. The Hall–Kier alpha value is 0.310. The molecule has 0 aliphatic heterocycles. The van der Waals surface area contributed by atoms with Crippen LogP contribution in [0.4, 0.5) is 0 Å². The van der Waals surface area contributed by atoms with Gasteiger partial charge in [-0.25, -0.2) is 0 Å². The van der Waals surface area contributed by atoms with E-state index < -0.39 is 0 Å². The van der Waals surface area contributed by atoms with Crippen molar-refractivity contribution in [1.82, 2.24) is 5.32 Å². The maximum absolute atomic E-state index is 3.65. The summed E-state index contributed by atoms with van der Waals surface area (Å²) in [5.74, 6) is 2.63. The van der Waals surface area contributed by atoms with Gasteiger partial charge in [0.25, 0.3) is 0 Å². The second-order valence-corrected chi connectivity index (χ2v) is 6.58. The van der Waals surface area contributed by atoms with Gasteiger partial charge in [-0.2, -0.15) is 11.8 Å². The zero-order chi connectivity index (χ0) is 11.1. The quantitative estimate of drug-likeness (QED) is 0.668. The van der Waals surface area contributed by atoms with Gasteiger partial charge in [0.15, 0.2) is 0 Å². The second kappa shape index (κ2) is 6.80.